The van der Waals surface area contributed by atoms with E-state index in [1.165, 1.54) is 0 Å². The van der Waals surface area contributed by atoms with Gasteiger partial charge in [-0.2, -0.15) is 0 Å². The smallest absolute Gasteiger partial charge is 0.320 e. The second-order valence-corrected chi connectivity index (χ2v) is 6.32. The van der Waals surface area contributed by atoms with Crippen LogP contribution in [-0.2, 0) is 11.2 Å². The molecule has 0 fully saturated rings. The maximum Gasteiger partial charge on any atom is 0.320 e. The Balaban J connectivity index is 1.80. The van der Waals surface area contributed by atoms with Crippen LogP contribution in [0, 0.1) is 0 Å². The summed E-state index contributed by atoms with van der Waals surface area (Å²) in [6, 6.07) is 16.2. The van der Waals surface area contributed by atoms with Gasteiger partial charge in [-0.15, -0.1) is 0 Å². The fourth-order valence-corrected chi connectivity index (χ4v) is 2.25. The highest BCUT2D eigenvalue weighted by Gasteiger charge is 2.29. The van der Waals surface area contributed by atoms with Gasteiger partial charge in [0.1, 0.15) is 5.54 Å². The second-order valence-electron chi connectivity index (χ2n) is 6.32. The number of rotatable bonds is 6. The standard InChI is InChI=1S/C19H24N4O2/c1-19(2,23-18(25)22-16-6-4-3-5-7-16)17(24)21-13-12-14-8-10-15(20)11-9-14/h3-11H,12-13,20H2,1-2H3,(H,21,24)(H2,22,23,25). The minimum atomic E-state index is -1.03. The highest BCUT2D eigenvalue weighted by molar-refractivity contribution is 5.95. The van der Waals surface area contributed by atoms with Crippen molar-refractivity contribution in [2.75, 3.05) is 17.6 Å². The Morgan fingerprint density at radius 2 is 1.64 bits per heavy atom. The van der Waals surface area contributed by atoms with Crippen LogP contribution in [0.25, 0.3) is 0 Å². The van der Waals surface area contributed by atoms with Crippen molar-refractivity contribution >= 4 is 23.3 Å². The number of urea groups is 1. The van der Waals surface area contributed by atoms with Crippen LogP contribution in [0.1, 0.15) is 19.4 Å². The summed E-state index contributed by atoms with van der Waals surface area (Å²) >= 11 is 0. The molecule has 0 spiro atoms. The van der Waals surface area contributed by atoms with Crippen LogP contribution in [0.3, 0.4) is 0 Å². The lowest BCUT2D eigenvalue weighted by Gasteiger charge is -2.25. The van der Waals surface area contributed by atoms with Crippen LogP contribution in [0.2, 0.25) is 0 Å². The van der Waals surface area contributed by atoms with Crippen LogP contribution < -0.4 is 21.7 Å². The van der Waals surface area contributed by atoms with Crippen molar-refractivity contribution in [1.82, 2.24) is 10.6 Å². The molecule has 2 aromatic carbocycles. The zero-order chi connectivity index (χ0) is 18.3. The summed E-state index contributed by atoms with van der Waals surface area (Å²) in [5, 5.41) is 8.22. The lowest BCUT2D eigenvalue weighted by molar-refractivity contribution is -0.125. The maximum absolute atomic E-state index is 12.3. The molecule has 2 rings (SSSR count). The molecule has 132 valence electrons. The van der Waals surface area contributed by atoms with Gasteiger partial charge in [0.15, 0.2) is 0 Å². The van der Waals surface area contributed by atoms with E-state index in [4.69, 9.17) is 5.73 Å². The highest BCUT2D eigenvalue weighted by Crippen LogP contribution is 2.08. The highest BCUT2D eigenvalue weighted by atomic mass is 16.2. The Kier molecular flexibility index (Phi) is 6.00. The van der Waals surface area contributed by atoms with Gasteiger partial charge in [0.05, 0.1) is 0 Å². The molecular formula is C19H24N4O2. The van der Waals surface area contributed by atoms with Crippen LogP contribution in [0.5, 0.6) is 0 Å². The van der Waals surface area contributed by atoms with Crippen molar-refractivity contribution in [2.24, 2.45) is 0 Å². The number of para-hydroxylation sites is 1. The van der Waals surface area contributed by atoms with Gasteiger partial charge in [0, 0.05) is 17.9 Å². The molecule has 6 heteroatoms. The Labute approximate surface area is 147 Å². The number of benzene rings is 2. The number of hydrogen-bond acceptors (Lipinski definition) is 3. The quantitative estimate of drug-likeness (QED) is 0.608. The molecule has 0 aliphatic heterocycles. The Morgan fingerprint density at radius 3 is 2.28 bits per heavy atom. The lowest BCUT2D eigenvalue weighted by Crippen LogP contribution is -2.56. The number of carbonyl (C=O) groups is 2. The average molecular weight is 340 g/mol. The first-order chi connectivity index (χ1) is 11.9. The molecule has 0 saturated heterocycles. The van der Waals surface area contributed by atoms with E-state index in [9.17, 15) is 9.59 Å². The van der Waals surface area contributed by atoms with E-state index in [1.54, 1.807) is 26.0 Å². The van der Waals surface area contributed by atoms with E-state index in [0.717, 1.165) is 5.56 Å². The fourth-order valence-electron chi connectivity index (χ4n) is 2.25. The molecule has 0 aliphatic carbocycles. The van der Waals surface area contributed by atoms with E-state index in [-0.39, 0.29) is 5.91 Å². The van der Waals surface area contributed by atoms with Gasteiger partial charge < -0.3 is 21.7 Å². The third-order valence-corrected chi connectivity index (χ3v) is 3.70. The van der Waals surface area contributed by atoms with Crippen LogP contribution in [0.4, 0.5) is 16.2 Å². The second kappa shape index (κ2) is 8.19. The number of hydrogen-bond donors (Lipinski definition) is 4. The first-order valence-electron chi connectivity index (χ1n) is 8.14. The van der Waals surface area contributed by atoms with E-state index >= 15 is 0 Å². The van der Waals surface area contributed by atoms with Crippen molar-refractivity contribution < 1.29 is 9.59 Å². The number of anilines is 2. The zero-order valence-electron chi connectivity index (χ0n) is 14.5. The predicted octanol–water partition coefficient (Wildman–Crippen LogP) is 2.53. The molecule has 0 saturated carbocycles. The molecule has 0 radical (unpaired) electrons. The summed E-state index contributed by atoms with van der Waals surface area (Å²) in [6.45, 7) is 3.81. The largest absolute Gasteiger partial charge is 0.399 e. The Bertz CT molecular complexity index is 712. The fraction of sp³-hybridized carbons (Fsp3) is 0.263. The number of carbonyl (C=O) groups excluding carboxylic acids is 2. The molecule has 0 atom stereocenters. The molecule has 5 N–H and O–H groups in total. The summed E-state index contributed by atoms with van der Waals surface area (Å²) in [6.07, 6.45) is 0.693. The summed E-state index contributed by atoms with van der Waals surface area (Å²) in [5.74, 6) is -0.244. The van der Waals surface area contributed by atoms with Gasteiger partial charge in [-0.05, 0) is 50.1 Å². The van der Waals surface area contributed by atoms with Gasteiger partial charge in [-0.1, -0.05) is 30.3 Å². The molecule has 0 heterocycles. The minimum Gasteiger partial charge on any atom is -0.399 e. The molecule has 0 unspecified atom stereocenters. The van der Waals surface area contributed by atoms with E-state index in [1.807, 2.05) is 42.5 Å². The monoisotopic (exact) mass is 340 g/mol. The topological polar surface area (TPSA) is 96.2 Å². The average Bonchev–Trinajstić information content (AvgIpc) is 2.57. The van der Waals surface area contributed by atoms with Gasteiger partial charge in [0.25, 0.3) is 0 Å². The lowest BCUT2D eigenvalue weighted by atomic mass is 10.0. The van der Waals surface area contributed by atoms with Gasteiger partial charge in [-0.3, -0.25) is 4.79 Å². The third kappa shape index (κ3) is 5.84. The zero-order valence-corrected chi connectivity index (χ0v) is 14.5. The SMILES string of the molecule is CC(C)(NC(=O)Nc1ccccc1)C(=O)NCCc1ccc(N)cc1. The van der Waals surface area contributed by atoms with Gasteiger partial charge >= 0.3 is 6.03 Å². The molecule has 6 nitrogen and oxygen atoms in total. The predicted molar refractivity (Wildman–Crippen MR) is 100 cm³/mol. The molecule has 3 amide bonds. The van der Waals surface area contributed by atoms with Crippen molar-refractivity contribution in [2.45, 2.75) is 25.8 Å². The molecule has 2 aromatic rings. The summed E-state index contributed by atoms with van der Waals surface area (Å²) in [5.41, 5.74) is 7.08. The Hall–Kier alpha value is -3.02. The van der Waals surface area contributed by atoms with Crippen molar-refractivity contribution in [3.63, 3.8) is 0 Å². The molecular weight excluding hydrogens is 316 g/mol. The van der Waals surface area contributed by atoms with E-state index in [2.05, 4.69) is 16.0 Å². The van der Waals surface area contributed by atoms with Crippen molar-refractivity contribution in [3.05, 3.63) is 60.2 Å². The van der Waals surface area contributed by atoms with E-state index in [0.29, 0.717) is 24.3 Å². The first kappa shape index (κ1) is 18.3. The molecule has 0 aromatic heterocycles. The van der Waals surface area contributed by atoms with Crippen LogP contribution in [0.15, 0.2) is 54.6 Å². The number of nitrogen functional groups attached to an aromatic ring is 1. The van der Waals surface area contributed by atoms with Crippen molar-refractivity contribution in [3.8, 4) is 0 Å². The van der Waals surface area contributed by atoms with Crippen LogP contribution in [-0.4, -0.2) is 24.0 Å². The maximum atomic E-state index is 12.3. The van der Waals surface area contributed by atoms with E-state index < -0.39 is 11.6 Å². The van der Waals surface area contributed by atoms with Crippen LogP contribution >= 0.6 is 0 Å². The number of nitrogens with two attached hydrogens (primary N) is 1. The minimum absolute atomic E-state index is 0.244. The van der Waals surface area contributed by atoms with Gasteiger partial charge in [-0.25, -0.2) is 4.79 Å². The summed E-state index contributed by atoms with van der Waals surface area (Å²) < 4.78 is 0. The molecule has 0 bridgehead atoms. The molecule has 25 heavy (non-hydrogen) atoms. The van der Waals surface area contributed by atoms with Crippen molar-refractivity contribution in [1.29, 1.82) is 0 Å². The number of nitrogens with one attached hydrogen (secondary N) is 3. The Morgan fingerprint density at radius 1 is 1.00 bits per heavy atom. The third-order valence-electron chi connectivity index (χ3n) is 3.70. The summed E-state index contributed by atoms with van der Waals surface area (Å²) in [4.78, 5) is 24.4. The number of amides is 3. The molecule has 0 aliphatic rings. The normalized spacial score (nSPS) is 10.8. The summed E-state index contributed by atoms with van der Waals surface area (Å²) in [7, 11) is 0. The van der Waals surface area contributed by atoms with Gasteiger partial charge in [0.2, 0.25) is 5.91 Å². The first-order valence-corrected chi connectivity index (χ1v) is 8.14.